The van der Waals surface area contributed by atoms with Crippen LogP contribution >= 0.6 is 0 Å². The summed E-state index contributed by atoms with van der Waals surface area (Å²) in [6.45, 7) is 5.12. The van der Waals surface area contributed by atoms with Gasteiger partial charge in [-0.15, -0.1) is 0 Å². The lowest BCUT2D eigenvalue weighted by Crippen LogP contribution is -2.35. The normalized spacial score (nSPS) is 27.8. The van der Waals surface area contributed by atoms with E-state index in [1.165, 1.54) is 31.7 Å². The zero-order valence-corrected chi connectivity index (χ0v) is 17.4. The number of benzene rings is 1. The van der Waals surface area contributed by atoms with Gasteiger partial charge < -0.3 is 18.9 Å². The first-order valence-electron chi connectivity index (χ1n) is 11.0. The molecule has 6 heteroatoms. The molecule has 0 aromatic heterocycles. The second-order valence-electron chi connectivity index (χ2n) is 8.28. The summed E-state index contributed by atoms with van der Waals surface area (Å²) in [7, 11) is 0. The van der Waals surface area contributed by atoms with E-state index in [0.717, 1.165) is 37.7 Å². The molecule has 0 spiro atoms. The van der Waals surface area contributed by atoms with Crippen molar-refractivity contribution >= 4 is 0 Å². The topological polar surface area (TPSA) is 36.9 Å². The number of rotatable bonds is 10. The number of hydrogen-bond acceptors (Lipinski definition) is 4. The lowest BCUT2D eigenvalue weighted by atomic mass is 10.0. The van der Waals surface area contributed by atoms with Gasteiger partial charge in [-0.2, -0.15) is 0 Å². The lowest BCUT2D eigenvalue weighted by molar-refractivity contribution is -0.219. The Labute approximate surface area is 172 Å². The number of aryl methyl sites for hydroxylation is 1. The smallest absolute Gasteiger partial charge is 0.159 e. The molecule has 0 bridgehead atoms. The van der Waals surface area contributed by atoms with E-state index in [9.17, 15) is 8.78 Å². The molecule has 29 heavy (non-hydrogen) atoms. The maximum absolute atomic E-state index is 13.3. The van der Waals surface area contributed by atoms with Crippen LogP contribution in [0, 0.1) is 23.5 Å². The van der Waals surface area contributed by atoms with Crippen molar-refractivity contribution in [3.63, 3.8) is 0 Å². The van der Waals surface area contributed by atoms with E-state index < -0.39 is 11.6 Å². The standard InChI is InChI=1S/C23H34F2O4/c1-2-3-4-5-18-13-26-23(27-14-18)11-8-19-15-28-22(29-16-19)10-7-17-6-9-20(24)21(25)12-17/h6,9,12,18-19,22-23H,2-5,7-8,10-11,13-16H2,1H3. The Bertz CT molecular complexity index is 597. The molecule has 4 nitrogen and oxygen atoms in total. The zero-order valence-electron chi connectivity index (χ0n) is 17.4. The largest absolute Gasteiger partial charge is 0.352 e. The average Bonchev–Trinajstić information content (AvgIpc) is 2.75. The minimum absolute atomic E-state index is 0.108. The number of hydrogen-bond donors (Lipinski definition) is 0. The van der Waals surface area contributed by atoms with Crippen molar-refractivity contribution in [3.05, 3.63) is 35.4 Å². The summed E-state index contributed by atoms with van der Waals surface area (Å²) in [5.41, 5.74) is 0.748. The molecule has 1 aromatic rings. The lowest BCUT2D eigenvalue weighted by Gasteiger charge is -2.32. The van der Waals surface area contributed by atoms with Gasteiger partial charge in [0, 0.05) is 18.3 Å². The Morgan fingerprint density at radius 2 is 1.38 bits per heavy atom. The third-order valence-corrected chi connectivity index (χ3v) is 5.75. The molecule has 3 rings (SSSR count). The summed E-state index contributed by atoms with van der Waals surface area (Å²) in [5, 5.41) is 0. The van der Waals surface area contributed by atoms with Crippen molar-refractivity contribution in [2.45, 2.75) is 70.9 Å². The molecule has 0 saturated carbocycles. The first-order valence-corrected chi connectivity index (χ1v) is 11.0. The Balaban J connectivity index is 1.26. The van der Waals surface area contributed by atoms with Crippen molar-refractivity contribution < 1.29 is 27.7 Å². The van der Waals surface area contributed by atoms with E-state index in [0.29, 0.717) is 37.9 Å². The van der Waals surface area contributed by atoms with Crippen LogP contribution in [0.15, 0.2) is 18.2 Å². The van der Waals surface area contributed by atoms with Gasteiger partial charge in [0.2, 0.25) is 0 Å². The van der Waals surface area contributed by atoms with E-state index in [1.807, 2.05) is 0 Å². The zero-order chi connectivity index (χ0) is 20.5. The van der Waals surface area contributed by atoms with Crippen LogP contribution in [0.3, 0.4) is 0 Å². The van der Waals surface area contributed by atoms with Gasteiger partial charge in [0.1, 0.15) is 0 Å². The Kier molecular flexibility index (Phi) is 9.31. The monoisotopic (exact) mass is 412 g/mol. The number of halogens is 2. The van der Waals surface area contributed by atoms with Crippen molar-refractivity contribution in [1.29, 1.82) is 0 Å². The summed E-state index contributed by atoms with van der Waals surface area (Å²) in [5.74, 6) is -0.759. The molecule has 2 fully saturated rings. The highest BCUT2D eigenvalue weighted by molar-refractivity contribution is 5.17. The molecule has 2 saturated heterocycles. The van der Waals surface area contributed by atoms with Gasteiger partial charge in [0.15, 0.2) is 24.2 Å². The quantitative estimate of drug-likeness (QED) is 0.493. The molecule has 0 atom stereocenters. The van der Waals surface area contributed by atoms with Crippen LogP contribution < -0.4 is 0 Å². The summed E-state index contributed by atoms with van der Waals surface area (Å²) in [6.07, 6.45) is 7.61. The Hall–Kier alpha value is -1.08. The minimum atomic E-state index is -0.820. The third kappa shape index (κ3) is 7.59. The average molecular weight is 413 g/mol. The maximum Gasteiger partial charge on any atom is 0.159 e. The van der Waals surface area contributed by atoms with Crippen molar-refractivity contribution in [2.75, 3.05) is 26.4 Å². The number of unbranched alkanes of at least 4 members (excludes halogenated alkanes) is 2. The molecule has 2 aliphatic rings. The highest BCUT2D eigenvalue weighted by atomic mass is 19.2. The van der Waals surface area contributed by atoms with E-state index in [-0.39, 0.29) is 12.6 Å². The molecule has 0 N–H and O–H groups in total. The van der Waals surface area contributed by atoms with Gasteiger partial charge in [-0.25, -0.2) is 8.78 Å². The fourth-order valence-corrected chi connectivity index (χ4v) is 3.87. The van der Waals surface area contributed by atoms with Crippen molar-refractivity contribution in [2.24, 2.45) is 11.8 Å². The fourth-order valence-electron chi connectivity index (χ4n) is 3.87. The maximum atomic E-state index is 13.3. The number of ether oxygens (including phenoxy) is 4. The molecule has 0 unspecified atom stereocenters. The molecular weight excluding hydrogens is 378 g/mol. The highest BCUT2D eigenvalue weighted by Crippen LogP contribution is 2.24. The van der Waals surface area contributed by atoms with Crippen LogP contribution in [-0.4, -0.2) is 39.0 Å². The van der Waals surface area contributed by atoms with Gasteiger partial charge in [-0.3, -0.25) is 0 Å². The summed E-state index contributed by atoms with van der Waals surface area (Å²) in [6, 6.07) is 3.99. The first-order chi connectivity index (χ1) is 14.1. The molecule has 0 amide bonds. The molecule has 0 aliphatic carbocycles. The van der Waals surface area contributed by atoms with Gasteiger partial charge in [0.05, 0.1) is 26.4 Å². The first kappa shape index (κ1) is 22.6. The van der Waals surface area contributed by atoms with E-state index >= 15 is 0 Å². The predicted octanol–water partition coefficient (Wildman–Crippen LogP) is 5.24. The molecule has 2 aliphatic heterocycles. The second-order valence-corrected chi connectivity index (χ2v) is 8.28. The molecule has 2 heterocycles. The van der Waals surface area contributed by atoms with Gasteiger partial charge in [0.25, 0.3) is 0 Å². The van der Waals surface area contributed by atoms with Crippen LogP contribution in [0.5, 0.6) is 0 Å². The Morgan fingerprint density at radius 3 is 2.00 bits per heavy atom. The van der Waals surface area contributed by atoms with Crippen LogP contribution in [0.4, 0.5) is 8.78 Å². The summed E-state index contributed by atoms with van der Waals surface area (Å²) < 4.78 is 49.6. The van der Waals surface area contributed by atoms with Gasteiger partial charge in [-0.1, -0.05) is 32.3 Å². The summed E-state index contributed by atoms with van der Waals surface area (Å²) in [4.78, 5) is 0. The third-order valence-electron chi connectivity index (χ3n) is 5.75. The Morgan fingerprint density at radius 1 is 0.759 bits per heavy atom. The molecule has 164 valence electrons. The minimum Gasteiger partial charge on any atom is -0.352 e. The van der Waals surface area contributed by atoms with E-state index in [1.54, 1.807) is 6.07 Å². The molecular formula is C23H34F2O4. The predicted molar refractivity (Wildman–Crippen MR) is 106 cm³/mol. The second kappa shape index (κ2) is 11.9. The van der Waals surface area contributed by atoms with Crippen molar-refractivity contribution in [1.82, 2.24) is 0 Å². The van der Waals surface area contributed by atoms with Crippen LogP contribution in [-0.2, 0) is 25.4 Å². The SMILES string of the molecule is CCCCCC1COC(CCC2COC(CCc3ccc(F)c(F)c3)OC2)OC1. The fraction of sp³-hybridized carbons (Fsp3) is 0.739. The van der Waals surface area contributed by atoms with E-state index in [4.69, 9.17) is 18.9 Å². The van der Waals surface area contributed by atoms with Crippen LogP contribution in [0.2, 0.25) is 0 Å². The van der Waals surface area contributed by atoms with Crippen LogP contribution in [0.1, 0.15) is 57.4 Å². The van der Waals surface area contributed by atoms with Gasteiger partial charge in [-0.05, 0) is 43.4 Å². The van der Waals surface area contributed by atoms with E-state index in [2.05, 4.69) is 6.92 Å². The molecule has 1 aromatic carbocycles. The van der Waals surface area contributed by atoms with Crippen LogP contribution in [0.25, 0.3) is 0 Å². The van der Waals surface area contributed by atoms with Crippen molar-refractivity contribution in [3.8, 4) is 0 Å². The van der Waals surface area contributed by atoms with Gasteiger partial charge >= 0.3 is 0 Å². The molecule has 0 radical (unpaired) electrons. The summed E-state index contributed by atoms with van der Waals surface area (Å²) >= 11 is 0. The highest BCUT2D eigenvalue weighted by Gasteiger charge is 2.26.